The minimum Gasteiger partial charge on any atom is -0.193 e. The topological polar surface area (TPSA) is 95.2 Å². The number of rotatable bonds is 0. The molecule has 4 aliphatic rings. The van der Waals surface area contributed by atoms with Gasteiger partial charge in [-0.3, -0.25) is 0 Å². The van der Waals surface area contributed by atoms with E-state index in [0.29, 0.717) is 0 Å². The van der Waals surface area contributed by atoms with Crippen molar-refractivity contribution in [1.82, 2.24) is 0 Å². The number of nitriles is 4. The molecule has 0 N–H and O–H groups in total. The zero-order valence-corrected chi connectivity index (χ0v) is 16.9. The third kappa shape index (κ3) is 2.78. The highest BCUT2D eigenvalue weighted by Crippen LogP contribution is 2.60. The van der Waals surface area contributed by atoms with Crippen LogP contribution in [0, 0.1) is 67.0 Å². The van der Waals surface area contributed by atoms with E-state index in [1.165, 1.54) is 0 Å². The van der Waals surface area contributed by atoms with Gasteiger partial charge in [-0.15, -0.1) is 0 Å². The van der Waals surface area contributed by atoms with Gasteiger partial charge in [-0.2, -0.15) is 21.0 Å². The number of hydrogen-bond donors (Lipinski definition) is 0. The quantitative estimate of drug-likeness (QED) is 0.571. The maximum absolute atomic E-state index is 8.87. The second-order valence-electron chi connectivity index (χ2n) is 9.51. The first-order valence-corrected chi connectivity index (χ1v) is 9.53. The van der Waals surface area contributed by atoms with Crippen molar-refractivity contribution in [3.63, 3.8) is 0 Å². The smallest absolute Gasteiger partial charge is 0.0944 e. The van der Waals surface area contributed by atoms with Gasteiger partial charge in [0.15, 0.2) is 0 Å². The molecule has 28 heavy (non-hydrogen) atoms. The third-order valence-electron chi connectivity index (χ3n) is 7.39. The lowest BCUT2D eigenvalue weighted by Gasteiger charge is -2.33. The molecule has 0 saturated heterocycles. The van der Waals surface area contributed by atoms with Gasteiger partial charge in [-0.1, -0.05) is 52.0 Å². The van der Waals surface area contributed by atoms with Gasteiger partial charge in [0.25, 0.3) is 0 Å². The van der Waals surface area contributed by atoms with Crippen LogP contribution in [0.4, 0.5) is 0 Å². The van der Waals surface area contributed by atoms with Crippen LogP contribution in [0.25, 0.3) is 0 Å². The summed E-state index contributed by atoms with van der Waals surface area (Å²) >= 11 is 0. The number of nitrogens with zero attached hydrogens (tertiary/aromatic N) is 4. The van der Waals surface area contributed by atoms with Crippen molar-refractivity contribution in [3.8, 4) is 24.3 Å². The van der Waals surface area contributed by atoms with Crippen molar-refractivity contribution in [3.05, 3.63) is 46.6 Å². The van der Waals surface area contributed by atoms with E-state index >= 15 is 0 Å². The molecule has 0 radical (unpaired) electrons. The Morgan fingerprint density at radius 1 is 0.571 bits per heavy atom. The van der Waals surface area contributed by atoms with Gasteiger partial charge in [-0.25, -0.2) is 0 Å². The summed E-state index contributed by atoms with van der Waals surface area (Å²) in [5.74, 6) is 0. The van der Waals surface area contributed by atoms with Crippen molar-refractivity contribution in [1.29, 1.82) is 21.0 Å². The molecule has 0 fully saturated rings. The van der Waals surface area contributed by atoms with Gasteiger partial charge >= 0.3 is 0 Å². The molecular weight excluding hydrogens is 344 g/mol. The molecule has 4 heteroatoms. The van der Waals surface area contributed by atoms with E-state index < -0.39 is 0 Å². The SMILES string of the molecule is CC12C=C(C#N)CC1(C)C=C(C#N)C2.CC12C=C(C#N)CC1(C)CC(C#N)=C2. The molecule has 0 amide bonds. The van der Waals surface area contributed by atoms with Gasteiger partial charge in [0, 0.05) is 38.5 Å². The predicted octanol–water partition coefficient (Wildman–Crippen LogP) is 5.41. The van der Waals surface area contributed by atoms with Crippen LogP contribution in [0.2, 0.25) is 0 Å². The van der Waals surface area contributed by atoms with E-state index in [0.717, 1.165) is 48.0 Å². The molecule has 4 rings (SSSR count). The molecule has 0 heterocycles. The van der Waals surface area contributed by atoms with Crippen molar-refractivity contribution in [2.75, 3.05) is 0 Å². The Bertz CT molecular complexity index is 948. The second-order valence-corrected chi connectivity index (χ2v) is 9.51. The minimum absolute atomic E-state index is 0.0108. The van der Waals surface area contributed by atoms with E-state index in [2.05, 4.69) is 52.0 Å². The molecule has 2 unspecified atom stereocenters. The summed E-state index contributed by atoms with van der Waals surface area (Å²) in [5.41, 5.74) is 3.41. The minimum atomic E-state index is -0.0802. The maximum Gasteiger partial charge on any atom is 0.0944 e. The summed E-state index contributed by atoms with van der Waals surface area (Å²) in [7, 11) is 0. The van der Waals surface area contributed by atoms with Gasteiger partial charge in [0.05, 0.1) is 24.3 Å². The highest BCUT2D eigenvalue weighted by atomic mass is 14.6. The van der Waals surface area contributed by atoms with E-state index in [1.807, 2.05) is 24.3 Å². The predicted molar refractivity (Wildman–Crippen MR) is 106 cm³/mol. The summed E-state index contributed by atoms with van der Waals surface area (Å²) in [6.45, 7) is 8.55. The van der Waals surface area contributed by atoms with Gasteiger partial charge in [0.2, 0.25) is 0 Å². The molecule has 140 valence electrons. The Labute approximate surface area is 167 Å². The van der Waals surface area contributed by atoms with Crippen molar-refractivity contribution in [2.45, 2.75) is 53.4 Å². The lowest BCUT2D eigenvalue weighted by Crippen LogP contribution is -2.26. The lowest BCUT2D eigenvalue weighted by molar-refractivity contribution is 0.216. The summed E-state index contributed by atoms with van der Waals surface area (Å²) in [6, 6.07) is 8.90. The first-order valence-electron chi connectivity index (χ1n) is 9.53. The average Bonchev–Trinajstić information content (AvgIpc) is 3.22. The highest BCUT2D eigenvalue weighted by molar-refractivity contribution is 5.45. The van der Waals surface area contributed by atoms with Crippen LogP contribution in [0.15, 0.2) is 46.6 Å². The fraction of sp³-hybridized carbons (Fsp3) is 0.500. The second kappa shape index (κ2) is 6.23. The molecule has 0 bridgehead atoms. The zero-order valence-electron chi connectivity index (χ0n) is 16.9. The van der Waals surface area contributed by atoms with Gasteiger partial charge < -0.3 is 0 Å². The van der Waals surface area contributed by atoms with Crippen molar-refractivity contribution >= 4 is 0 Å². The van der Waals surface area contributed by atoms with Crippen molar-refractivity contribution in [2.24, 2.45) is 21.7 Å². The molecular formula is C24H24N4. The largest absolute Gasteiger partial charge is 0.193 e. The summed E-state index contributed by atoms with van der Waals surface area (Å²) in [4.78, 5) is 0. The van der Waals surface area contributed by atoms with Crippen LogP contribution in [0.3, 0.4) is 0 Å². The highest BCUT2D eigenvalue weighted by Gasteiger charge is 2.52. The monoisotopic (exact) mass is 368 g/mol. The molecule has 0 aliphatic heterocycles. The van der Waals surface area contributed by atoms with E-state index in [9.17, 15) is 0 Å². The van der Waals surface area contributed by atoms with E-state index in [1.54, 1.807) is 0 Å². The fourth-order valence-electron chi connectivity index (χ4n) is 5.29. The van der Waals surface area contributed by atoms with E-state index in [-0.39, 0.29) is 21.7 Å². The molecule has 4 nitrogen and oxygen atoms in total. The van der Waals surface area contributed by atoms with Gasteiger partial charge in [-0.05, 0) is 31.1 Å². The lowest BCUT2D eigenvalue weighted by atomic mass is 9.70. The standard InChI is InChI=1S/2C12H12N2/c2*1-11-3-9(7-13)5-12(11,2)6-10(4-11)8-14/h3,6H,4-5H2,1-2H3;3-4H,5-6H2,1-2H3. The molecule has 0 aromatic carbocycles. The van der Waals surface area contributed by atoms with Crippen LogP contribution in [0.5, 0.6) is 0 Å². The molecule has 0 spiro atoms. The molecule has 2 atom stereocenters. The van der Waals surface area contributed by atoms with Crippen LogP contribution < -0.4 is 0 Å². The average molecular weight is 368 g/mol. The molecule has 0 aromatic heterocycles. The molecule has 0 saturated carbocycles. The van der Waals surface area contributed by atoms with Crippen LogP contribution in [-0.4, -0.2) is 0 Å². The number of hydrogen-bond acceptors (Lipinski definition) is 4. The summed E-state index contributed by atoms with van der Waals surface area (Å²) in [6.07, 6.45) is 11.3. The van der Waals surface area contributed by atoms with E-state index in [4.69, 9.17) is 21.0 Å². The van der Waals surface area contributed by atoms with Crippen molar-refractivity contribution < 1.29 is 0 Å². The third-order valence-corrected chi connectivity index (χ3v) is 7.39. The first-order chi connectivity index (χ1) is 13.1. The number of allylic oxidation sites excluding steroid dienone is 8. The fourth-order valence-corrected chi connectivity index (χ4v) is 5.29. The summed E-state index contributed by atoms with van der Waals surface area (Å²) < 4.78 is 0. The zero-order chi connectivity index (χ0) is 20.8. The maximum atomic E-state index is 8.87. The van der Waals surface area contributed by atoms with Crippen LogP contribution >= 0.6 is 0 Å². The van der Waals surface area contributed by atoms with Crippen LogP contribution in [-0.2, 0) is 0 Å². The Morgan fingerprint density at radius 3 is 1.18 bits per heavy atom. The first kappa shape index (κ1) is 19.7. The van der Waals surface area contributed by atoms with Crippen LogP contribution in [0.1, 0.15) is 53.4 Å². The van der Waals surface area contributed by atoms with Gasteiger partial charge in [0.1, 0.15) is 0 Å². The Kier molecular flexibility index (Phi) is 4.38. The number of fused-ring (bicyclic) bond motifs is 2. The molecule has 4 aliphatic carbocycles. The Morgan fingerprint density at radius 2 is 0.893 bits per heavy atom. The normalized spacial score (nSPS) is 39.4. The Hall–Kier alpha value is -3.08. The molecule has 0 aromatic rings. The Balaban J connectivity index is 0.000000161. The summed E-state index contributed by atoms with van der Waals surface area (Å²) in [5, 5.41) is 35.5.